The molecule has 0 bridgehead atoms. The van der Waals surface area contributed by atoms with Crippen molar-refractivity contribution >= 4 is 23.3 Å². The summed E-state index contributed by atoms with van der Waals surface area (Å²) < 4.78 is 0. The summed E-state index contributed by atoms with van der Waals surface area (Å²) in [5.41, 5.74) is 0.221. The lowest BCUT2D eigenvalue weighted by atomic mass is 9.81. The molecule has 3 rings (SSSR count). The molecule has 138 valence electrons. The van der Waals surface area contributed by atoms with E-state index in [2.05, 4.69) is 16.0 Å². The molecule has 6 heteroatoms. The summed E-state index contributed by atoms with van der Waals surface area (Å²) in [5.74, 6) is -0.0829. The lowest BCUT2D eigenvalue weighted by molar-refractivity contribution is -0.128. The third kappa shape index (κ3) is 4.85. The van der Waals surface area contributed by atoms with Crippen molar-refractivity contribution in [1.82, 2.24) is 16.0 Å². The molecule has 1 heterocycles. The van der Waals surface area contributed by atoms with Crippen LogP contribution in [0.1, 0.15) is 42.5 Å². The van der Waals surface area contributed by atoms with Crippen LogP contribution in [0.15, 0.2) is 47.8 Å². The maximum absolute atomic E-state index is 12.9. The van der Waals surface area contributed by atoms with Gasteiger partial charge in [-0.2, -0.15) is 0 Å². The monoisotopic (exact) mass is 371 g/mol. The average molecular weight is 372 g/mol. The standard InChI is InChI=1S/C20H25N3O2S/c24-18(21-15-17-10-7-13-26-17)20(11-5-2-6-12-20)23-19(25)22-14-16-8-3-1-4-9-16/h1,3-4,7-10,13H,2,5-6,11-12,14-15H2,(H,21,24)(H2,22,23,25). The molecule has 2 aromatic rings. The molecule has 1 aliphatic rings. The number of benzene rings is 1. The van der Waals surface area contributed by atoms with E-state index in [9.17, 15) is 9.59 Å². The molecule has 0 atom stereocenters. The summed E-state index contributed by atoms with van der Waals surface area (Å²) in [5, 5.41) is 10.8. The Morgan fingerprint density at radius 1 is 0.923 bits per heavy atom. The minimum Gasteiger partial charge on any atom is -0.349 e. The molecule has 3 N–H and O–H groups in total. The first-order valence-corrected chi connectivity index (χ1v) is 9.97. The second-order valence-electron chi connectivity index (χ2n) is 6.70. The second kappa shape index (κ2) is 8.85. The Morgan fingerprint density at radius 3 is 2.38 bits per heavy atom. The Labute approximate surface area is 158 Å². The predicted octanol–water partition coefficient (Wildman–Crippen LogP) is 3.57. The van der Waals surface area contributed by atoms with E-state index in [1.807, 2.05) is 47.8 Å². The van der Waals surface area contributed by atoms with Crippen LogP contribution >= 0.6 is 11.3 Å². The number of rotatable bonds is 6. The van der Waals surface area contributed by atoms with Gasteiger partial charge in [-0.25, -0.2) is 4.79 Å². The number of nitrogens with one attached hydrogen (secondary N) is 3. The van der Waals surface area contributed by atoms with Crippen molar-refractivity contribution in [2.24, 2.45) is 0 Å². The lowest BCUT2D eigenvalue weighted by Gasteiger charge is -2.36. The number of thiophene rings is 1. The van der Waals surface area contributed by atoms with Gasteiger partial charge in [0.25, 0.3) is 0 Å². The van der Waals surface area contributed by atoms with E-state index in [0.29, 0.717) is 25.9 Å². The Kier molecular flexibility index (Phi) is 6.28. The average Bonchev–Trinajstić information content (AvgIpc) is 3.19. The van der Waals surface area contributed by atoms with Gasteiger partial charge in [0, 0.05) is 11.4 Å². The van der Waals surface area contributed by atoms with Crippen LogP contribution in [0.2, 0.25) is 0 Å². The molecule has 0 aliphatic heterocycles. The number of amides is 3. The maximum atomic E-state index is 12.9. The Hall–Kier alpha value is -2.34. The summed E-state index contributed by atoms with van der Waals surface area (Å²) in [4.78, 5) is 26.4. The van der Waals surface area contributed by atoms with Crippen molar-refractivity contribution in [3.8, 4) is 0 Å². The molecular weight excluding hydrogens is 346 g/mol. The fourth-order valence-corrected chi connectivity index (χ4v) is 4.00. The lowest BCUT2D eigenvalue weighted by Crippen LogP contribution is -2.61. The van der Waals surface area contributed by atoms with Gasteiger partial charge in [0.15, 0.2) is 0 Å². The van der Waals surface area contributed by atoms with Crippen molar-refractivity contribution in [1.29, 1.82) is 0 Å². The predicted molar refractivity (Wildman–Crippen MR) is 104 cm³/mol. The van der Waals surface area contributed by atoms with Gasteiger partial charge in [0.1, 0.15) is 5.54 Å². The first-order valence-electron chi connectivity index (χ1n) is 9.09. The van der Waals surface area contributed by atoms with Crippen LogP contribution in [0, 0.1) is 0 Å². The highest BCUT2D eigenvalue weighted by Crippen LogP contribution is 2.28. The number of carbonyl (C=O) groups is 2. The molecule has 0 unspecified atom stereocenters. The van der Waals surface area contributed by atoms with Crippen LogP contribution in [0.25, 0.3) is 0 Å². The fraction of sp³-hybridized carbons (Fsp3) is 0.400. The summed E-state index contributed by atoms with van der Waals surface area (Å²) >= 11 is 1.62. The van der Waals surface area contributed by atoms with Crippen molar-refractivity contribution in [2.45, 2.75) is 50.7 Å². The van der Waals surface area contributed by atoms with E-state index in [1.165, 1.54) is 0 Å². The number of hydrogen-bond donors (Lipinski definition) is 3. The van der Waals surface area contributed by atoms with Gasteiger partial charge in [0.05, 0.1) is 6.54 Å². The Balaban J connectivity index is 1.58. The summed E-state index contributed by atoms with van der Waals surface area (Å²) in [6.07, 6.45) is 4.37. The van der Waals surface area contributed by atoms with Crippen molar-refractivity contribution < 1.29 is 9.59 Å². The topological polar surface area (TPSA) is 70.2 Å². The summed E-state index contributed by atoms with van der Waals surface area (Å²) in [6, 6.07) is 13.4. The molecule has 1 aromatic carbocycles. The van der Waals surface area contributed by atoms with E-state index < -0.39 is 5.54 Å². The molecule has 1 aromatic heterocycles. The van der Waals surface area contributed by atoms with Gasteiger partial charge < -0.3 is 16.0 Å². The van der Waals surface area contributed by atoms with E-state index in [0.717, 1.165) is 29.7 Å². The van der Waals surface area contributed by atoms with Gasteiger partial charge in [-0.1, -0.05) is 55.7 Å². The molecule has 0 radical (unpaired) electrons. The molecule has 26 heavy (non-hydrogen) atoms. The molecule has 5 nitrogen and oxygen atoms in total. The molecular formula is C20H25N3O2S. The van der Waals surface area contributed by atoms with Crippen molar-refractivity contribution in [2.75, 3.05) is 0 Å². The molecule has 0 spiro atoms. The van der Waals surface area contributed by atoms with Crippen LogP contribution in [-0.4, -0.2) is 17.5 Å². The minimum atomic E-state index is -0.809. The van der Waals surface area contributed by atoms with Gasteiger partial charge in [0.2, 0.25) is 5.91 Å². The third-order valence-corrected chi connectivity index (χ3v) is 5.67. The van der Waals surface area contributed by atoms with Crippen molar-refractivity contribution in [3.63, 3.8) is 0 Å². The summed E-state index contributed by atoms with van der Waals surface area (Å²) in [6.45, 7) is 0.950. The molecule has 1 saturated carbocycles. The van der Waals surface area contributed by atoms with E-state index in [-0.39, 0.29) is 11.9 Å². The number of urea groups is 1. The zero-order chi connectivity index (χ0) is 18.2. The zero-order valence-electron chi connectivity index (χ0n) is 14.8. The Morgan fingerprint density at radius 2 is 1.69 bits per heavy atom. The van der Waals surface area contributed by atoms with Gasteiger partial charge in [-0.3, -0.25) is 4.79 Å². The quantitative estimate of drug-likeness (QED) is 0.726. The van der Waals surface area contributed by atoms with Gasteiger partial charge >= 0.3 is 6.03 Å². The zero-order valence-corrected chi connectivity index (χ0v) is 15.6. The summed E-state index contributed by atoms with van der Waals surface area (Å²) in [7, 11) is 0. The Bertz CT molecular complexity index is 710. The van der Waals surface area contributed by atoms with Gasteiger partial charge in [-0.15, -0.1) is 11.3 Å². The van der Waals surface area contributed by atoms with Crippen LogP contribution < -0.4 is 16.0 Å². The fourth-order valence-electron chi connectivity index (χ4n) is 3.35. The van der Waals surface area contributed by atoms with Crippen LogP contribution in [0.3, 0.4) is 0 Å². The van der Waals surface area contributed by atoms with E-state index >= 15 is 0 Å². The van der Waals surface area contributed by atoms with Crippen LogP contribution in [-0.2, 0) is 17.9 Å². The SMILES string of the molecule is O=C(NCc1ccccc1)NC1(C(=O)NCc2cccs2)CCCCC1. The molecule has 1 aliphatic carbocycles. The highest BCUT2D eigenvalue weighted by molar-refractivity contribution is 7.09. The van der Waals surface area contributed by atoms with Crippen LogP contribution in [0.5, 0.6) is 0 Å². The molecule has 1 fully saturated rings. The second-order valence-corrected chi connectivity index (χ2v) is 7.73. The van der Waals surface area contributed by atoms with Crippen LogP contribution in [0.4, 0.5) is 4.79 Å². The normalized spacial score (nSPS) is 15.8. The smallest absolute Gasteiger partial charge is 0.315 e. The first kappa shape index (κ1) is 18.5. The highest BCUT2D eigenvalue weighted by Gasteiger charge is 2.40. The maximum Gasteiger partial charge on any atom is 0.315 e. The largest absolute Gasteiger partial charge is 0.349 e. The molecule has 3 amide bonds. The molecule has 0 saturated heterocycles. The number of carbonyl (C=O) groups excluding carboxylic acids is 2. The highest BCUT2D eigenvalue weighted by atomic mass is 32.1. The first-order chi connectivity index (χ1) is 12.7. The number of hydrogen-bond acceptors (Lipinski definition) is 3. The van der Waals surface area contributed by atoms with Gasteiger partial charge in [-0.05, 0) is 29.9 Å². The van der Waals surface area contributed by atoms with Crippen molar-refractivity contribution in [3.05, 3.63) is 58.3 Å². The van der Waals surface area contributed by atoms with E-state index in [1.54, 1.807) is 11.3 Å². The third-order valence-electron chi connectivity index (χ3n) is 4.79. The minimum absolute atomic E-state index is 0.0829. The van der Waals surface area contributed by atoms with E-state index in [4.69, 9.17) is 0 Å².